The van der Waals surface area contributed by atoms with Crippen LogP contribution in [0.1, 0.15) is 37.8 Å². The molecular formula is C50H37N3. The van der Waals surface area contributed by atoms with E-state index in [2.05, 4.69) is 141 Å². The van der Waals surface area contributed by atoms with Gasteiger partial charge in [0, 0.05) is 22.1 Å². The van der Waals surface area contributed by atoms with Crippen LogP contribution in [0.15, 0.2) is 169 Å². The van der Waals surface area contributed by atoms with Gasteiger partial charge >= 0.3 is 0 Å². The van der Waals surface area contributed by atoms with Gasteiger partial charge in [0.05, 0.1) is 0 Å². The van der Waals surface area contributed by atoms with Crippen LogP contribution in [-0.4, -0.2) is 15.0 Å². The van der Waals surface area contributed by atoms with Crippen LogP contribution < -0.4 is 0 Å². The molecule has 7 aromatic carbocycles. The molecule has 0 aliphatic heterocycles. The lowest BCUT2D eigenvalue weighted by Crippen LogP contribution is -2.16. The third-order valence-electron chi connectivity index (χ3n) is 11.2. The summed E-state index contributed by atoms with van der Waals surface area (Å²) in [4.78, 5) is 15.4. The molecule has 0 fully saturated rings. The van der Waals surface area contributed by atoms with Crippen LogP contribution in [0.25, 0.3) is 83.5 Å². The Hall–Kier alpha value is -6.45. The van der Waals surface area contributed by atoms with Crippen molar-refractivity contribution < 1.29 is 0 Å². The van der Waals surface area contributed by atoms with Crippen LogP contribution in [0.5, 0.6) is 0 Å². The first-order valence-electron chi connectivity index (χ1n) is 18.5. The van der Waals surface area contributed by atoms with E-state index in [-0.39, 0.29) is 5.41 Å². The molecule has 3 nitrogen and oxygen atoms in total. The molecule has 0 spiro atoms. The minimum absolute atomic E-state index is 0.0188. The third-order valence-corrected chi connectivity index (χ3v) is 11.2. The highest BCUT2D eigenvalue weighted by atomic mass is 15.0. The largest absolute Gasteiger partial charge is 0.208 e. The highest BCUT2D eigenvalue weighted by Gasteiger charge is 2.37. The van der Waals surface area contributed by atoms with Crippen molar-refractivity contribution in [1.82, 2.24) is 15.0 Å². The quantitative estimate of drug-likeness (QED) is 0.182. The molecule has 0 N–H and O–H groups in total. The van der Waals surface area contributed by atoms with Gasteiger partial charge in [-0.1, -0.05) is 159 Å². The maximum absolute atomic E-state index is 5.18. The van der Waals surface area contributed by atoms with E-state index in [4.69, 9.17) is 15.0 Å². The topological polar surface area (TPSA) is 38.7 Å². The molecule has 1 heterocycles. The predicted molar refractivity (Wildman–Crippen MR) is 220 cm³/mol. The Kier molecular flexibility index (Phi) is 7.29. The molecule has 0 saturated carbocycles. The molecule has 10 rings (SSSR count). The second kappa shape index (κ2) is 12.4. The number of rotatable bonds is 5. The Labute approximate surface area is 310 Å². The summed E-state index contributed by atoms with van der Waals surface area (Å²) in [6, 6.07) is 54.1. The van der Waals surface area contributed by atoms with Crippen molar-refractivity contribution in [2.24, 2.45) is 0 Å². The first-order chi connectivity index (χ1) is 26.0. The lowest BCUT2D eigenvalue weighted by molar-refractivity contribution is 0.651. The zero-order chi connectivity index (χ0) is 35.5. The fraction of sp³-hybridized carbons (Fsp3) is 0.100. The maximum atomic E-state index is 5.18. The normalized spacial score (nSPS) is 14.5. The predicted octanol–water partition coefficient (Wildman–Crippen LogP) is 12.9. The Morgan fingerprint density at radius 1 is 0.453 bits per heavy atom. The molecule has 252 valence electrons. The van der Waals surface area contributed by atoms with Gasteiger partial charge in [-0.05, 0) is 97.1 Å². The fourth-order valence-electron chi connectivity index (χ4n) is 8.53. The summed E-state index contributed by atoms with van der Waals surface area (Å²) in [7, 11) is 0. The van der Waals surface area contributed by atoms with E-state index in [1.54, 1.807) is 0 Å². The number of nitrogens with zero attached hydrogens (tertiary/aromatic N) is 3. The van der Waals surface area contributed by atoms with Crippen molar-refractivity contribution >= 4 is 27.1 Å². The molecule has 0 saturated heterocycles. The fourth-order valence-corrected chi connectivity index (χ4v) is 8.53. The first kappa shape index (κ1) is 31.3. The summed E-state index contributed by atoms with van der Waals surface area (Å²) in [5.74, 6) is 1.96. The van der Waals surface area contributed by atoms with Gasteiger partial charge in [-0.3, -0.25) is 0 Å². The summed E-state index contributed by atoms with van der Waals surface area (Å²) in [5, 5.41) is 4.73. The molecule has 0 bridgehead atoms. The van der Waals surface area contributed by atoms with Crippen LogP contribution in [0.3, 0.4) is 0 Å². The summed E-state index contributed by atoms with van der Waals surface area (Å²) in [6.45, 7) is 4.76. The number of hydrogen-bond donors (Lipinski definition) is 0. The van der Waals surface area contributed by atoms with Gasteiger partial charge in [0.2, 0.25) is 0 Å². The Balaban J connectivity index is 1.18. The molecule has 8 aromatic rings. The van der Waals surface area contributed by atoms with E-state index in [0.717, 1.165) is 46.0 Å². The first-order valence-corrected chi connectivity index (χ1v) is 18.5. The Morgan fingerprint density at radius 2 is 1.00 bits per heavy atom. The van der Waals surface area contributed by atoms with E-state index < -0.39 is 0 Å². The second-order valence-electron chi connectivity index (χ2n) is 14.7. The molecular weight excluding hydrogens is 643 g/mol. The number of fused-ring (bicyclic) bond motifs is 4. The molecule has 0 unspecified atom stereocenters. The molecule has 0 radical (unpaired) electrons. The Bertz CT molecular complexity index is 2730. The average Bonchev–Trinajstić information content (AvgIpc) is 3.45. The maximum Gasteiger partial charge on any atom is 0.164 e. The molecule has 2 aliphatic rings. The molecule has 3 heteroatoms. The highest BCUT2D eigenvalue weighted by molar-refractivity contribution is 6.08. The van der Waals surface area contributed by atoms with E-state index in [0.29, 0.717) is 17.5 Å². The molecule has 0 atom stereocenters. The summed E-state index contributed by atoms with van der Waals surface area (Å²) >= 11 is 0. The van der Waals surface area contributed by atoms with Gasteiger partial charge in [0.15, 0.2) is 17.5 Å². The van der Waals surface area contributed by atoms with Gasteiger partial charge in [-0.2, -0.15) is 0 Å². The SMILES string of the molecule is CC1(C)C2=C(CCC=C2)c2ccc(-c3ccc(-c4cc5ccccc5cc4-c4nc(-c5ccccc5)nc(-c5ccccc5)n4)c4ccccc34)cc21. The number of benzene rings is 7. The lowest BCUT2D eigenvalue weighted by atomic mass is 9.79. The van der Waals surface area contributed by atoms with E-state index in [1.165, 1.54) is 49.6 Å². The highest BCUT2D eigenvalue weighted by Crippen LogP contribution is 2.51. The Morgan fingerprint density at radius 3 is 1.68 bits per heavy atom. The summed E-state index contributed by atoms with van der Waals surface area (Å²) < 4.78 is 0. The van der Waals surface area contributed by atoms with Crippen molar-refractivity contribution in [1.29, 1.82) is 0 Å². The lowest BCUT2D eigenvalue weighted by Gasteiger charge is -2.24. The number of aromatic nitrogens is 3. The van der Waals surface area contributed by atoms with E-state index in [1.807, 2.05) is 36.4 Å². The van der Waals surface area contributed by atoms with Gasteiger partial charge < -0.3 is 0 Å². The van der Waals surface area contributed by atoms with E-state index >= 15 is 0 Å². The number of allylic oxidation sites excluding steroid dienone is 4. The standard InChI is InChI=1S/C50H37N3/c1-50(2)45-24-14-13-23-41(45)42-26-25-36(31-46(42)50)37-27-28-40(39-22-12-11-21-38(37)39)43-29-34-19-9-10-20-35(34)30-44(43)49-52-47(32-15-5-3-6-16-32)51-48(53-49)33-17-7-4-8-18-33/h3-12,14-22,24-31H,13,23H2,1-2H3. The van der Waals surface area contributed by atoms with E-state index in [9.17, 15) is 0 Å². The van der Waals surface area contributed by atoms with Crippen LogP contribution in [0.2, 0.25) is 0 Å². The summed E-state index contributed by atoms with van der Waals surface area (Å²) in [6.07, 6.45) is 6.93. The minimum atomic E-state index is -0.0188. The van der Waals surface area contributed by atoms with Gasteiger partial charge in [0.25, 0.3) is 0 Å². The van der Waals surface area contributed by atoms with Crippen molar-refractivity contribution in [2.45, 2.75) is 32.1 Å². The van der Waals surface area contributed by atoms with Crippen LogP contribution in [-0.2, 0) is 5.41 Å². The number of hydrogen-bond acceptors (Lipinski definition) is 3. The second-order valence-corrected chi connectivity index (χ2v) is 14.7. The molecule has 2 aliphatic carbocycles. The zero-order valence-corrected chi connectivity index (χ0v) is 29.8. The van der Waals surface area contributed by atoms with Crippen LogP contribution in [0, 0.1) is 0 Å². The van der Waals surface area contributed by atoms with Crippen molar-refractivity contribution in [3.05, 3.63) is 181 Å². The van der Waals surface area contributed by atoms with Gasteiger partial charge in [-0.15, -0.1) is 0 Å². The summed E-state index contributed by atoms with van der Waals surface area (Å²) in [5.41, 5.74) is 13.4. The molecule has 1 aromatic heterocycles. The molecule has 53 heavy (non-hydrogen) atoms. The monoisotopic (exact) mass is 679 g/mol. The van der Waals surface area contributed by atoms with Crippen molar-refractivity contribution in [3.8, 4) is 56.4 Å². The van der Waals surface area contributed by atoms with Gasteiger partial charge in [-0.25, -0.2) is 15.0 Å². The smallest absolute Gasteiger partial charge is 0.164 e. The van der Waals surface area contributed by atoms with Crippen molar-refractivity contribution in [3.63, 3.8) is 0 Å². The zero-order valence-electron chi connectivity index (χ0n) is 29.8. The van der Waals surface area contributed by atoms with Crippen molar-refractivity contribution in [2.75, 3.05) is 0 Å². The third kappa shape index (κ3) is 5.23. The average molecular weight is 680 g/mol. The van der Waals surface area contributed by atoms with Gasteiger partial charge in [0.1, 0.15) is 0 Å². The minimum Gasteiger partial charge on any atom is -0.208 e. The van der Waals surface area contributed by atoms with Crippen LogP contribution >= 0.6 is 0 Å². The van der Waals surface area contributed by atoms with Crippen LogP contribution in [0.4, 0.5) is 0 Å². The molecule has 0 amide bonds.